The molecule has 0 amide bonds. The predicted octanol–water partition coefficient (Wildman–Crippen LogP) is 3.85. The Morgan fingerprint density at radius 1 is 0.826 bits per heavy atom. The summed E-state index contributed by atoms with van der Waals surface area (Å²) in [5.74, 6) is 0. The van der Waals surface area contributed by atoms with Crippen molar-refractivity contribution < 1.29 is 14.6 Å². The van der Waals surface area contributed by atoms with Gasteiger partial charge >= 0.3 is 0 Å². The molecule has 0 aliphatic heterocycles. The fourth-order valence-electron chi connectivity index (χ4n) is 1.93. The largest absolute Gasteiger partial charge is 0.497 e. The normalized spacial score (nSPS) is 12.7. The Morgan fingerprint density at radius 2 is 1.43 bits per heavy atom. The standard InChI is InChI=1S/C20H22O3/c21-20(13-15-23-17-19-10-5-2-6-11-19)12-7-14-22-16-18-8-3-1-4-9-18/h1-13,15,20-21H,14,16-17H2/b12-7+,15-13+. The molecule has 2 aromatic rings. The van der Waals surface area contributed by atoms with Gasteiger partial charge in [0.15, 0.2) is 0 Å². The highest BCUT2D eigenvalue weighted by molar-refractivity contribution is 5.14. The third-order valence-electron chi connectivity index (χ3n) is 3.12. The minimum absolute atomic E-state index is 0.463. The van der Waals surface area contributed by atoms with E-state index in [4.69, 9.17) is 9.47 Å². The van der Waals surface area contributed by atoms with Gasteiger partial charge in [-0.1, -0.05) is 72.8 Å². The highest BCUT2D eigenvalue weighted by Gasteiger charge is 1.93. The van der Waals surface area contributed by atoms with E-state index in [9.17, 15) is 5.11 Å². The van der Waals surface area contributed by atoms with Gasteiger partial charge < -0.3 is 14.6 Å². The van der Waals surface area contributed by atoms with Crippen molar-refractivity contribution in [1.82, 2.24) is 0 Å². The first-order valence-electron chi connectivity index (χ1n) is 7.63. The van der Waals surface area contributed by atoms with Gasteiger partial charge in [0.25, 0.3) is 0 Å². The van der Waals surface area contributed by atoms with Crippen molar-refractivity contribution in [3.8, 4) is 0 Å². The van der Waals surface area contributed by atoms with Crippen LogP contribution in [-0.2, 0) is 22.7 Å². The molecule has 3 nitrogen and oxygen atoms in total. The van der Waals surface area contributed by atoms with Crippen LogP contribution < -0.4 is 0 Å². The van der Waals surface area contributed by atoms with E-state index in [0.29, 0.717) is 19.8 Å². The van der Waals surface area contributed by atoms with E-state index in [0.717, 1.165) is 11.1 Å². The van der Waals surface area contributed by atoms with Crippen molar-refractivity contribution in [3.05, 3.63) is 96.3 Å². The molecule has 23 heavy (non-hydrogen) atoms. The maximum atomic E-state index is 9.75. The van der Waals surface area contributed by atoms with Crippen molar-refractivity contribution in [2.45, 2.75) is 19.3 Å². The van der Waals surface area contributed by atoms with E-state index in [2.05, 4.69) is 0 Å². The topological polar surface area (TPSA) is 38.7 Å². The number of hydrogen-bond donors (Lipinski definition) is 1. The van der Waals surface area contributed by atoms with Crippen LogP contribution >= 0.6 is 0 Å². The summed E-state index contributed by atoms with van der Waals surface area (Å²) >= 11 is 0. The van der Waals surface area contributed by atoms with E-state index in [-0.39, 0.29) is 0 Å². The number of rotatable bonds is 9. The van der Waals surface area contributed by atoms with Crippen molar-refractivity contribution in [2.24, 2.45) is 0 Å². The van der Waals surface area contributed by atoms with Crippen LogP contribution in [0.3, 0.4) is 0 Å². The van der Waals surface area contributed by atoms with E-state index >= 15 is 0 Å². The second-order valence-electron chi connectivity index (χ2n) is 5.04. The molecule has 0 aromatic heterocycles. The van der Waals surface area contributed by atoms with Crippen LogP contribution in [0.2, 0.25) is 0 Å². The first-order chi connectivity index (χ1) is 11.3. The van der Waals surface area contributed by atoms with Gasteiger partial charge in [0.05, 0.1) is 25.6 Å². The van der Waals surface area contributed by atoms with Crippen LogP contribution in [-0.4, -0.2) is 17.8 Å². The van der Waals surface area contributed by atoms with E-state index in [1.165, 1.54) is 6.26 Å². The van der Waals surface area contributed by atoms with Gasteiger partial charge in [-0.15, -0.1) is 0 Å². The Hall–Kier alpha value is -2.36. The van der Waals surface area contributed by atoms with Crippen LogP contribution in [0.15, 0.2) is 85.2 Å². The summed E-state index contributed by atoms with van der Waals surface area (Å²) in [7, 11) is 0. The molecule has 0 aliphatic carbocycles. The number of aliphatic hydroxyl groups is 1. The first kappa shape index (κ1) is 17.0. The summed E-state index contributed by atoms with van der Waals surface area (Å²) in [5, 5.41) is 9.75. The Bertz CT molecular complexity index is 591. The van der Waals surface area contributed by atoms with E-state index < -0.39 is 6.10 Å². The van der Waals surface area contributed by atoms with Crippen LogP contribution in [0.5, 0.6) is 0 Å². The molecular weight excluding hydrogens is 288 g/mol. The maximum absolute atomic E-state index is 9.75. The maximum Gasteiger partial charge on any atom is 0.112 e. The number of ether oxygens (including phenoxy) is 2. The summed E-state index contributed by atoms with van der Waals surface area (Å²) in [6.45, 7) is 1.52. The minimum atomic E-state index is -0.675. The summed E-state index contributed by atoms with van der Waals surface area (Å²) in [6.07, 6.45) is 5.91. The van der Waals surface area contributed by atoms with E-state index in [1.807, 2.05) is 60.7 Å². The molecule has 120 valence electrons. The van der Waals surface area contributed by atoms with Crippen LogP contribution in [0.4, 0.5) is 0 Å². The smallest absolute Gasteiger partial charge is 0.112 e. The number of benzene rings is 2. The Labute approximate surface area is 137 Å². The average Bonchev–Trinajstić information content (AvgIpc) is 2.60. The zero-order valence-electron chi connectivity index (χ0n) is 13.0. The fourth-order valence-corrected chi connectivity index (χ4v) is 1.93. The molecule has 0 saturated heterocycles. The summed E-state index contributed by atoms with van der Waals surface area (Å²) in [4.78, 5) is 0. The van der Waals surface area contributed by atoms with Gasteiger partial charge in [0, 0.05) is 0 Å². The SMILES string of the molecule is OC(/C=C/COCc1ccccc1)/C=C/OCc1ccccc1. The highest BCUT2D eigenvalue weighted by atomic mass is 16.5. The molecule has 1 N–H and O–H groups in total. The Morgan fingerprint density at radius 3 is 2.09 bits per heavy atom. The van der Waals surface area contributed by atoms with Crippen LogP contribution in [0.25, 0.3) is 0 Å². The molecule has 0 radical (unpaired) electrons. The van der Waals surface area contributed by atoms with Crippen LogP contribution in [0.1, 0.15) is 11.1 Å². The van der Waals surface area contributed by atoms with Crippen molar-refractivity contribution >= 4 is 0 Å². The zero-order chi connectivity index (χ0) is 16.2. The van der Waals surface area contributed by atoms with Gasteiger partial charge in [0.1, 0.15) is 6.61 Å². The van der Waals surface area contributed by atoms with Gasteiger partial charge in [-0.3, -0.25) is 0 Å². The molecule has 1 atom stereocenters. The van der Waals surface area contributed by atoms with Gasteiger partial charge in [-0.25, -0.2) is 0 Å². The number of hydrogen-bond acceptors (Lipinski definition) is 3. The van der Waals surface area contributed by atoms with Crippen molar-refractivity contribution in [2.75, 3.05) is 6.61 Å². The summed E-state index contributed by atoms with van der Waals surface area (Å²) < 4.78 is 10.9. The van der Waals surface area contributed by atoms with Gasteiger partial charge in [0.2, 0.25) is 0 Å². The molecule has 0 aliphatic rings. The zero-order valence-corrected chi connectivity index (χ0v) is 13.0. The molecule has 0 heterocycles. The molecule has 2 rings (SSSR count). The molecule has 0 bridgehead atoms. The average molecular weight is 310 g/mol. The highest BCUT2D eigenvalue weighted by Crippen LogP contribution is 2.02. The molecule has 0 spiro atoms. The molecule has 0 fully saturated rings. The quantitative estimate of drug-likeness (QED) is 0.434. The lowest BCUT2D eigenvalue weighted by molar-refractivity contribution is 0.147. The minimum Gasteiger partial charge on any atom is -0.497 e. The Kier molecular flexibility index (Phi) is 7.67. The summed E-state index contributed by atoms with van der Waals surface area (Å²) in [6, 6.07) is 19.9. The summed E-state index contributed by atoms with van der Waals surface area (Å²) in [5.41, 5.74) is 2.23. The molecule has 2 aromatic carbocycles. The predicted molar refractivity (Wildman–Crippen MR) is 91.6 cm³/mol. The molecule has 3 heteroatoms. The lowest BCUT2D eigenvalue weighted by Crippen LogP contribution is -1.99. The third kappa shape index (κ3) is 7.45. The van der Waals surface area contributed by atoms with Gasteiger partial charge in [-0.05, 0) is 17.2 Å². The third-order valence-corrected chi connectivity index (χ3v) is 3.12. The molecule has 1 unspecified atom stereocenters. The first-order valence-corrected chi connectivity index (χ1v) is 7.63. The van der Waals surface area contributed by atoms with Crippen LogP contribution in [0, 0.1) is 0 Å². The van der Waals surface area contributed by atoms with Crippen molar-refractivity contribution in [3.63, 3.8) is 0 Å². The lowest BCUT2D eigenvalue weighted by Gasteiger charge is -2.03. The Balaban J connectivity index is 1.58. The monoisotopic (exact) mass is 310 g/mol. The van der Waals surface area contributed by atoms with E-state index in [1.54, 1.807) is 18.2 Å². The molecule has 0 saturated carbocycles. The second kappa shape index (κ2) is 10.4. The number of aliphatic hydroxyl groups excluding tert-OH is 1. The van der Waals surface area contributed by atoms with Crippen molar-refractivity contribution in [1.29, 1.82) is 0 Å². The second-order valence-corrected chi connectivity index (χ2v) is 5.04. The lowest BCUT2D eigenvalue weighted by atomic mass is 10.2. The molecular formula is C20H22O3. The van der Waals surface area contributed by atoms with Gasteiger partial charge in [-0.2, -0.15) is 0 Å². The fraction of sp³-hybridized carbons (Fsp3) is 0.200.